The average Bonchev–Trinajstić information content (AvgIpc) is 3.08. The molecule has 1 saturated heterocycles. The minimum atomic E-state index is -0.428. The summed E-state index contributed by atoms with van der Waals surface area (Å²) in [6.07, 6.45) is 1.58. The summed E-state index contributed by atoms with van der Waals surface area (Å²) in [5.74, 6) is 0.764. The number of aryl methyl sites for hydroxylation is 2. The summed E-state index contributed by atoms with van der Waals surface area (Å²) in [5, 5.41) is 1.25. The van der Waals surface area contributed by atoms with Gasteiger partial charge in [-0.3, -0.25) is 15.0 Å². The van der Waals surface area contributed by atoms with Crippen molar-refractivity contribution in [1.29, 1.82) is 0 Å². The number of rotatable bonds is 7. The van der Waals surface area contributed by atoms with E-state index in [4.69, 9.17) is 9.47 Å². The van der Waals surface area contributed by atoms with E-state index in [1.54, 1.807) is 42.5 Å². The molecule has 0 bridgehead atoms. The number of nitrogens with zero attached hydrogens (tertiary/aromatic N) is 1. The van der Waals surface area contributed by atoms with Crippen LogP contribution >= 0.6 is 0 Å². The molecule has 0 aromatic heterocycles. The lowest BCUT2D eigenvalue weighted by molar-refractivity contribution is -0.117. The molecule has 1 aliphatic heterocycles. The molecular weight excluding hydrogens is 404 g/mol. The fourth-order valence-corrected chi connectivity index (χ4v) is 3.47. The molecule has 0 spiro atoms. The summed E-state index contributed by atoms with van der Waals surface area (Å²) in [7, 11) is 0. The molecule has 1 heterocycles. The lowest BCUT2D eigenvalue weighted by Crippen LogP contribution is -2.35. The summed E-state index contributed by atoms with van der Waals surface area (Å²) in [5.41, 5.74) is 6.22. The van der Waals surface area contributed by atoms with Gasteiger partial charge in [0.1, 0.15) is 30.3 Å². The smallest absolute Gasteiger partial charge is 0.282 e. The standard InChI is InChI=1S/C26H24N2O4/c1-18-7-6-8-19(2)24(18)32-16-15-31-22-13-11-20(12-14-22)17-23-25(29)27-28(26(23)30)21-9-4-3-5-10-21/h3-14,17H,15-16H2,1-2H3,(H,27,29). The highest BCUT2D eigenvalue weighted by atomic mass is 16.5. The van der Waals surface area contributed by atoms with Gasteiger partial charge in [0.2, 0.25) is 0 Å². The van der Waals surface area contributed by atoms with Gasteiger partial charge in [0, 0.05) is 0 Å². The number of nitrogens with one attached hydrogen (secondary N) is 1. The molecule has 0 aliphatic carbocycles. The Balaban J connectivity index is 1.35. The topological polar surface area (TPSA) is 67.9 Å². The number of amides is 2. The Labute approximate surface area is 187 Å². The largest absolute Gasteiger partial charge is 0.490 e. The summed E-state index contributed by atoms with van der Waals surface area (Å²) < 4.78 is 11.6. The van der Waals surface area contributed by atoms with Gasteiger partial charge in [-0.25, -0.2) is 5.01 Å². The predicted molar refractivity (Wildman–Crippen MR) is 123 cm³/mol. The van der Waals surface area contributed by atoms with Gasteiger partial charge in [0.05, 0.1) is 5.69 Å². The van der Waals surface area contributed by atoms with Gasteiger partial charge in [-0.15, -0.1) is 0 Å². The zero-order chi connectivity index (χ0) is 22.5. The second kappa shape index (κ2) is 9.39. The van der Waals surface area contributed by atoms with Crippen molar-refractivity contribution in [3.8, 4) is 11.5 Å². The first-order valence-corrected chi connectivity index (χ1v) is 10.4. The first-order valence-electron chi connectivity index (χ1n) is 10.4. The van der Waals surface area contributed by atoms with Crippen LogP contribution in [0, 0.1) is 13.8 Å². The monoisotopic (exact) mass is 428 g/mol. The third-order valence-corrected chi connectivity index (χ3v) is 5.10. The molecule has 1 fully saturated rings. The van der Waals surface area contributed by atoms with E-state index >= 15 is 0 Å². The van der Waals surface area contributed by atoms with E-state index in [1.165, 1.54) is 5.01 Å². The van der Waals surface area contributed by atoms with Crippen molar-refractivity contribution in [3.63, 3.8) is 0 Å². The van der Waals surface area contributed by atoms with E-state index in [0.29, 0.717) is 24.7 Å². The summed E-state index contributed by atoms with van der Waals surface area (Å²) in [6.45, 7) is 4.87. The molecule has 32 heavy (non-hydrogen) atoms. The maximum atomic E-state index is 12.7. The van der Waals surface area contributed by atoms with Crippen molar-refractivity contribution >= 4 is 23.6 Å². The lowest BCUT2D eigenvalue weighted by Gasteiger charge is -2.13. The summed E-state index contributed by atoms with van der Waals surface area (Å²) in [6, 6.07) is 22.3. The molecule has 3 aromatic rings. The van der Waals surface area contributed by atoms with Crippen molar-refractivity contribution in [2.45, 2.75) is 13.8 Å². The Kier molecular flexibility index (Phi) is 6.22. The van der Waals surface area contributed by atoms with Gasteiger partial charge in [-0.1, -0.05) is 48.5 Å². The Morgan fingerprint density at radius 1 is 0.812 bits per heavy atom. The number of ether oxygens (including phenoxy) is 2. The van der Waals surface area contributed by atoms with Crippen molar-refractivity contribution in [1.82, 2.24) is 5.43 Å². The van der Waals surface area contributed by atoms with E-state index in [9.17, 15) is 9.59 Å². The van der Waals surface area contributed by atoms with Crippen LogP contribution in [0.1, 0.15) is 16.7 Å². The number of hydrogen-bond donors (Lipinski definition) is 1. The molecule has 0 radical (unpaired) electrons. The predicted octanol–water partition coefficient (Wildman–Crippen LogP) is 4.22. The number of benzene rings is 3. The quantitative estimate of drug-likeness (QED) is 0.348. The van der Waals surface area contributed by atoms with Crippen molar-refractivity contribution in [2.75, 3.05) is 18.2 Å². The number of carbonyl (C=O) groups excluding carboxylic acids is 2. The van der Waals surface area contributed by atoms with Crippen LogP contribution in [-0.2, 0) is 9.59 Å². The van der Waals surface area contributed by atoms with Gasteiger partial charge >= 0.3 is 0 Å². The van der Waals surface area contributed by atoms with Crippen LogP contribution in [0.5, 0.6) is 11.5 Å². The van der Waals surface area contributed by atoms with E-state index in [0.717, 1.165) is 22.4 Å². The maximum absolute atomic E-state index is 12.7. The maximum Gasteiger partial charge on any atom is 0.282 e. The highest BCUT2D eigenvalue weighted by Crippen LogP contribution is 2.23. The third kappa shape index (κ3) is 4.64. The van der Waals surface area contributed by atoms with Crippen LogP contribution in [0.15, 0.2) is 78.4 Å². The van der Waals surface area contributed by atoms with Crippen molar-refractivity contribution in [2.24, 2.45) is 0 Å². The number of anilines is 1. The Bertz CT molecular complexity index is 1130. The molecule has 0 atom stereocenters. The van der Waals surface area contributed by atoms with Gasteiger partial charge in [-0.2, -0.15) is 0 Å². The molecule has 3 aromatic carbocycles. The fourth-order valence-electron chi connectivity index (χ4n) is 3.47. The number of hydrazine groups is 1. The number of carbonyl (C=O) groups is 2. The van der Waals surface area contributed by atoms with E-state index in [1.807, 2.05) is 50.2 Å². The minimum Gasteiger partial charge on any atom is -0.490 e. The molecule has 1 N–H and O–H groups in total. The van der Waals surface area contributed by atoms with Crippen LogP contribution in [0.25, 0.3) is 6.08 Å². The fraction of sp³-hybridized carbons (Fsp3) is 0.154. The van der Waals surface area contributed by atoms with E-state index in [2.05, 4.69) is 5.43 Å². The molecule has 2 amide bonds. The minimum absolute atomic E-state index is 0.0875. The van der Waals surface area contributed by atoms with Crippen LogP contribution in [-0.4, -0.2) is 25.0 Å². The highest BCUT2D eigenvalue weighted by molar-refractivity contribution is 6.31. The summed E-state index contributed by atoms with van der Waals surface area (Å²) >= 11 is 0. The first-order chi connectivity index (χ1) is 15.5. The Hall–Kier alpha value is -4.06. The number of hydrogen-bond acceptors (Lipinski definition) is 4. The molecule has 1 aliphatic rings. The summed E-state index contributed by atoms with van der Waals surface area (Å²) in [4.78, 5) is 25.0. The van der Waals surface area contributed by atoms with E-state index < -0.39 is 5.91 Å². The molecule has 0 saturated carbocycles. The molecule has 162 valence electrons. The van der Waals surface area contributed by atoms with Crippen LogP contribution in [0.2, 0.25) is 0 Å². The lowest BCUT2D eigenvalue weighted by atomic mass is 10.1. The highest BCUT2D eigenvalue weighted by Gasteiger charge is 2.34. The van der Waals surface area contributed by atoms with Gasteiger partial charge in [0.25, 0.3) is 11.8 Å². The second-order valence-electron chi connectivity index (χ2n) is 7.46. The third-order valence-electron chi connectivity index (χ3n) is 5.10. The van der Waals surface area contributed by atoms with Crippen molar-refractivity contribution < 1.29 is 19.1 Å². The van der Waals surface area contributed by atoms with Gasteiger partial charge in [-0.05, 0) is 60.9 Å². The number of para-hydroxylation sites is 2. The van der Waals surface area contributed by atoms with Crippen LogP contribution < -0.4 is 19.9 Å². The second-order valence-corrected chi connectivity index (χ2v) is 7.46. The first kappa shape index (κ1) is 21.2. The van der Waals surface area contributed by atoms with Crippen LogP contribution in [0.3, 0.4) is 0 Å². The van der Waals surface area contributed by atoms with Crippen LogP contribution in [0.4, 0.5) is 5.69 Å². The van der Waals surface area contributed by atoms with Gasteiger partial charge < -0.3 is 9.47 Å². The Morgan fingerprint density at radius 2 is 1.47 bits per heavy atom. The molecular formula is C26H24N2O4. The average molecular weight is 428 g/mol. The Morgan fingerprint density at radius 3 is 2.16 bits per heavy atom. The normalized spacial score (nSPS) is 14.6. The van der Waals surface area contributed by atoms with E-state index in [-0.39, 0.29) is 11.5 Å². The van der Waals surface area contributed by atoms with Crippen molar-refractivity contribution in [3.05, 3.63) is 95.1 Å². The molecule has 0 unspecified atom stereocenters. The molecule has 4 rings (SSSR count). The SMILES string of the molecule is Cc1cccc(C)c1OCCOc1ccc(C=C2C(=O)NN(c3ccccc3)C2=O)cc1. The van der Waals surface area contributed by atoms with Gasteiger partial charge in [0.15, 0.2) is 0 Å². The zero-order valence-electron chi connectivity index (χ0n) is 18.0. The zero-order valence-corrected chi connectivity index (χ0v) is 18.0. The molecule has 6 heteroatoms. The molecule has 6 nitrogen and oxygen atoms in total.